The number of nitrogens with one attached hydrogen (secondary N) is 1. The molecular formula is C15H15ClN4. The highest BCUT2D eigenvalue weighted by Gasteiger charge is 2.25. The maximum Gasteiger partial charge on any atom is 0.224 e. The van der Waals surface area contributed by atoms with Gasteiger partial charge in [-0.3, -0.25) is 0 Å². The summed E-state index contributed by atoms with van der Waals surface area (Å²) in [5.74, 6) is 0.989. The lowest BCUT2D eigenvalue weighted by Gasteiger charge is -2.24. The summed E-state index contributed by atoms with van der Waals surface area (Å²) in [6, 6.07) is 8.55. The van der Waals surface area contributed by atoms with Crippen LogP contribution >= 0.6 is 11.6 Å². The van der Waals surface area contributed by atoms with Crippen molar-refractivity contribution in [3.8, 4) is 0 Å². The highest BCUT2D eigenvalue weighted by molar-refractivity contribution is 6.28. The molecular weight excluding hydrogens is 272 g/mol. The van der Waals surface area contributed by atoms with Crippen LogP contribution in [0.4, 0.5) is 5.82 Å². The molecule has 0 spiro atoms. The Morgan fingerprint density at radius 3 is 2.60 bits per heavy atom. The molecule has 2 aromatic rings. The quantitative estimate of drug-likeness (QED) is 0.817. The van der Waals surface area contributed by atoms with E-state index in [0.29, 0.717) is 5.28 Å². The first-order valence-electron chi connectivity index (χ1n) is 6.89. The Bertz CT molecular complexity index is 646. The Morgan fingerprint density at radius 1 is 1.10 bits per heavy atom. The zero-order valence-electron chi connectivity index (χ0n) is 11.1. The molecule has 2 aliphatic rings. The second-order valence-corrected chi connectivity index (χ2v) is 5.63. The lowest BCUT2D eigenvalue weighted by Crippen LogP contribution is -2.29. The van der Waals surface area contributed by atoms with Gasteiger partial charge < -0.3 is 10.2 Å². The van der Waals surface area contributed by atoms with Crippen molar-refractivity contribution < 1.29 is 0 Å². The average Bonchev–Trinajstić information content (AvgIpc) is 2.90. The van der Waals surface area contributed by atoms with Crippen LogP contribution in [0.2, 0.25) is 5.28 Å². The lowest BCUT2D eigenvalue weighted by molar-refractivity contribution is 0.621. The Labute approximate surface area is 122 Å². The molecule has 5 heteroatoms. The van der Waals surface area contributed by atoms with Crippen molar-refractivity contribution in [2.45, 2.75) is 26.1 Å². The normalized spacial score (nSPS) is 16.9. The molecule has 1 N–H and O–H groups in total. The molecule has 1 aromatic heterocycles. The number of fused-ring (bicyclic) bond motifs is 2. The minimum atomic E-state index is 0.358. The van der Waals surface area contributed by atoms with Crippen LogP contribution in [0.3, 0.4) is 0 Å². The molecule has 4 nitrogen and oxygen atoms in total. The maximum absolute atomic E-state index is 6.10. The van der Waals surface area contributed by atoms with Crippen molar-refractivity contribution in [2.24, 2.45) is 0 Å². The summed E-state index contributed by atoms with van der Waals surface area (Å²) in [6.07, 6.45) is 0.922. The summed E-state index contributed by atoms with van der Waals surface area (Å²) in [4.78, 5) is 11.2. The van der Waals surface area contributed by atoms with E-state index in [1.54, 1.807) is 0 Å². The summed E-state index contributed by atoms with van der Waals surface area (Å²) in [7, 11) is 0. The van der Waals surface area contributed by atoms with Crippen LogP contribution in [0.25, 0.3) is 0 Å². The van der Waals surface area contributed by atoms with Gasteiger partial charge in [0.1, 0.15) is 5.82 Å². The number of anilines is 1. The van der Waals surface area contributed by atoms with E-state index in [9.17, 15) is 0 Å². The monoisotopic (exact) mass is 286 g/mol. The highest BCUT2D eigenvalue weighted by atomic mass is 35.5. The number of hydrogen-bond acceptors (Lipinski definition) is 4. The van der Waals surface area contributed by atoms with E-state index in [2.05, 4.69) is 44.5 Å². The van der Waals surface area contributed by atoms with Gasteiger partial charge >= 0.3 is 0 Å². The maximum atomic E-state index is 6.10. The van der Waals surface area contributed by atoms with Crippen molar-refractivity contribution in [1.29, 1.82) is 0 Å². The van der Waals surface area contributed by atoms with Gasteiger partial charge in [-0.15, -0.1) is 0 Å². The summed E-state index contributed by atoms with van der Waals surface area (Å²) < 4.78 is 0. The smallest absolute Gasteiger partial charge is 0.224 e. The number of halogens is 1. The van der Waals surface area contributed by atoms with E-state index in [1.165, 1.54) is 16.7 Å². The molecule has 102 valence electrons. The van der Waals surface area contributed by atoms with E-state index < -0.39 is 0 Å². The predicted octanol–water partition coefficient (Wildman–Crippen LogP) is 2.30. The molecule has 0 saturated heterocycles. The molecule has 0 amide bonds. The molecule has 4 rings (SSSR count). The third-order valence-electron chi connectivity index (χ3n) is 4.02. The number of rotatable bonds is 1. The van der Waals surface area contributed by atoms with E-state index in [4.69, 9.17) is 11.6 Å². The molecule has 2 aliphatic heterocycles. The molecule has 0 saturated carbocycles. The highest BCUT2D eigenvalue weighted by Crippen LogP contribution is 2.31. The van der Waals surface area contributed by atoms with Crippen LogP contribution in [0, 0.1) is 0 Å². The first kappa shape index (κ1) is 12.1. The Balaban J connectivity index is 1.75. The van der Waals surface area contributed by atoms with Crippen molar-refractivity contribution in [3.63, 3.8) is 0 Å². The summed E-state index contributed by atoms with van der Waals surface area (Å²) in [5, 5.41) is 3.75. The van der Waals surface area contributed by atoms with Crippen LogP contribution in [0.5, 0.6) is 0 Å². The fourth-order valence-corrected chi connectivity index (χ4v) is 3.22. The number of hydrogen-bond donors (Lipinski definition) is 1. The van der Waals surface area contributed by atoms with E-state index in [0.717, 1.165) is 44.1 Å². The molecule has 1 aromatic carbocycles. The van der Waals surface area contributed by atoms with Gasteiger partial charge in [0.05, 0.1) is 5.69 Å². The van der Waals surface area contributed by atoms with E-state index in [1.807, 2.05) is 0 Å². The number of benzene rings is 1. The molecule has 0 aliphatic carbocycles. The zero-order chi connectivity index (χ0) is 13.5. The van der Waals surface area contributed by atoms with Crippen LogP contribution in [0.15, 0.2) is 24.3 Å². The van der Waals surface area contributed by atoms with Gasteiger partial charge in [0, 0.05) is 38.2 Å². The summed E-state index contributed by atoms with van der Waals surface area (Å²) in [6.45, 7) is 3.58. The molecule has 0 atom stereocenters. The Hall–Kier alpha value is -1.65. The average molecular weight is 287 g/mol. The van der Waals surface area contributed by atoms with E-state index >= 15 is 0 Å². The first-order valence-corrected chi connectivity index (χ1v) is 7.27. The summed E-state index contributed by atoms with van der Waals surface area (Å²) in [5.41, 5.74) is 5.04. The van der Waals surface area contributed by atoms with Crippen molar-refractivity contribution >= 4 is 17.4 Å². The first-order chi connectivity index (χ1) is 9.81. The van der Waals surface area contributed by atoms with Crippen LogP contribution in [0.1, 0.15) is 22.4 Å². The van der Waals surface area contributed by atoms with Gasteiger partial charge in [-0.2, -0.15) is 0 Å². The predicted molar refractivity (Wildman–Crippen MR) is 78.8 cm³/mol. The topological polar surface area (TPSA) is 41.1 Å². The van der Waals surface area contributed by atoms with Crippen LogP contribution < -0.4 is 10.2 Å². The number of aromatic nitrogens is 2. The Morgan fingerprint density at radius 2 is 1.85 bits per heavy atom. The van der Waals surface area contributed by atoms with Crippen LogP contribution in [-0.2, 0) is 26.1 Å². The fraction of sp³-hybridized carbons (Fsp3) is 0.333. The van der Waals surface area contributed by atoms with Gasteiger partial charge in [-0.1, -0.05) is 24.3 Å². The summed E-state index contributed by atoms with van der Waals surface area (Å²) >= 11 is 6.10. The van der Waals surface area contributed by atoms with Gasteiger partial charge in [-0.05, 0) is 22.7 Å². The molecule has 0 bridgehead atoms. The SMILES string of the molecule is Clc1nc2c(c(N3Cc4ccccc4C3)n1)CNCC2. The largest absolute Gasteiger partial charge is 0.348 e. The van der Waals surface area contributed by atoms with Crippen LogP contribution in [-0.4, -0.2) is 16.5 Å². The van der Waals surface area contributed by atoms with Gasteiger partial charge in [-0.25, -0.2) is 9.97 Å². The minimum absolute atomic E-state index is 0.358. The second-order valence-electron chi connectivity index (χ2n) is 5.29. The standard InChI is InChI=1S/C15H15ClN4/c16-15-18-13-5-6-17-7-12(13)14(19-15)20-8-10-3-1-2-4-11(10)9-20/h1-4,17H,5-9H2. The minimum Gasteiger partial charge on any atom is -0.348 e. The third-order valence-corrected chi connectivity index (χ3v) is 4.19. The van der Waals surface area contributed by atoms with Gasteiger partial charge in [0.25, 0.3) is 0 Å². The Kier molecular flexibility index (Phi) is 2.86. The van der Waals surface area contributed by atoms with Crippen molar-refractivity contribution in [3.05, 3.63) is 51.9 Å². The molecule has 0 unspecified atom stereocenters. The zero-order valence-corrected chi connectivity index (χ0v) is 11.8. The second kappa shape index (κ2) is 4.72. The molecule has 0 fully saturated rings. The van der Waals surface area contributed by atoms with Crippen molar-refractivity contribution in [2.75, 3.05) is 11.4 Å². The van der Waals surface area contributed by atoms with Gasteiger partial charge in [0.2, 0.25) is 5.28 Å². The fourth-order valence-electron chi connectivity index (χ4n) is 3.04. The van der Waals surface area contributed by atoms with Crippen molar-refractivity contribution in [1.82, 2.24) is 15.3 Å². The molecule has 0 radical (unpaired) electrons. The third kappa shape index (κ3) is 1.96. The van der Waals surface area contributed by atoms with Gasteiger partial charge in [0.15, 0.2) is 0 Å². The number of nitrogens with zero attached hydrogens (tertiary/aromatic N) is 3. The van der Waals surface area contributed by atoms with E-state index in [-0.39, 0.29) is 0 Å². The molecule has 3 heterocycles. The molecule has 20 heavy (non-hydrogen) atoms. The lowest BCUT2D eigenvalue weighted by atomic mass is 10.1.